The van der Waals surface area contributed by atoms with E-state index in [9.17, 15) is 19.2 Å². The minimum atomic E-state index is -0.780. The normalized spacial score (nSPS) is 14.0. The van der Waals surface area contributed by atoms with E-state index in [2.05, 4.69) is 5.10 Å². The van der Waals surface area contributed by atoms with Crippen LogP contribution in [0.3, 0.4) is 0 Å². The van der Waals surface area contributed by atoms with Gasteiger partial charge in [0, 0.05) is 18.5 Å². The fraction of sp³-hybridized carbons (Fsp3) is 0.346. The average molecular weight is 478 g/mol. The monoisotopic (exact) mass is 477 g/mol. The summed E-state index contributed by atoms with van der Waals surface area (Å²) in [6.45, 7) is 2.62. The largest absolute Gasteiger partial charge is 0.466 e. The molecule has 9 heteroatoms. The van der Waals surface area contributed by atoms with Gasteiger partial charge in [0.1, 0.15) is 0 Å². The van der Waals surface area contributed by atoms with Crippen LogP contribution in [-0.2, 0) is 25.6 Å². The highest BCUT2D eigenvalue weighted by atomic mass is 16.5. The van der Waals surface area contributed by atoms with Gasteiger partial charge in [0.25, 0.3) is 11.5 Å². The SMILES string of the molecule is CCOC(=O)C1CCN(C(=O)COC(=O)c2nn(Cc3ccccc3)c(=O)c3ccccc23)CC1. The van der Waals surface area contributed by atoms with Gasteiger partial charge in [0.05, 0.1) is 24.5 Å². The molecule has 2 aromatic carbocycles. The molecule has 0 bridgehead atoms. The maximum atomic E-state index is 13.0. The van der Waals surface area contributed by atoms with Gasteiger partial charge < -0.3 is 14.4 Å². The molecule has 0 N–H and O–H groups in total. The summed E-state index contributed by atoms with van der Waals surface area (Å²) in [5.41, 5.74) is 0.518. The van der Waals surface area contributed by atoms with E-state index in [0.717, 1.165) is 5.56 Å². The fourth-order valence-electron chi connectivity index (χ4n) is 4.16. The highest BCUT2D eigenvalue weighted by Gasteiger charge is 2.29. The number of ether oxygens (including phenoxy) is 2. The van der Waals surface area contributed by atoms with E-state index >= 15 is 0 Å². The summed E-state index contributed by atoms with van der Waals surface area (Å²) in [5, 5.41) is 5.00. The lowest BCUT2D eigenvalue weighted by molar-refractivity contribution is -0.151. The minimum absolute atomic E-state index is 0.0232. The van der Waals surface area contributed by atoms with Crippen LogP contribution in [0.15, 0.2) is 59.4 Å². The number of amides is 1. The Morgan fingerprint density at radius 1 is 0.943 bits per heavy atom. The summed E-state index contributed by atoms with van der Waals surface area (Å²) < 4.78 is 11.6. The lowest BCUT2D eigenvalue weighted by Crippen LogP contribution is -2.42. The van der Waals surface area contributed by atoms with E-state index < -0.39 is 12.6 Å². The van der Waals surface area contributed by atoms with Crippen LogP contribution in [0.1, 0.15) is 35.8 Å². The molecule has 0 saturated carbocycles. The molecule has 1 aliphatic rings. The summed E-state index contributed by atoms with van der Waals surface area (Å²) in [6, 6.07) is 16.0. The maximum absolute atomic E-state index is 13.0. The molecule has 182 valence electrons. The number of esters is 2. The lowest BCUT2D eigenvalue weighted by Gasteiger charge is -2.30. The highest BCUT2D eigenvalue weighted by Crippen LogP contribution is 2.19. The van der Waals surface area contributed by atoms with Crippen molar-refractivity contribution in [3.8, 4) is 0 Å². The molecule has 1 amide bonds. The zero-order valence-corrected chi connectivity index (χ0v) is 19.5. The van der Waals surface area contributed by atoms with Gasteiger partial charge in [-0.3, -0.25) is 14.4 Å². The second-order valence-electron chi connectivity index (χ2n) is 8.33. The maximum Gasteiger partial charge on any atom is 0.359 e. The predicted molar refractivity (Wildman–Crippen MR) is 128 cm³/mol. The number of benzene rings is 2. The number of hydrogen-bond donors (Lipinski definition) is 0. The van der Waals surface area contributed by atoms with Crippen molar-refractivity contribution in [1.82, 2.24) is 14.7 Å². The molecule has 0 atom stereocenters. The molecule has 4 rings (SSSR count). The molecule has 9 nitrogen and oxygen atoms in total. The summed E-state index contributed by atoms with van der Waals surface area (Å²) in [5.74, 6) is -1.59. The Kier molecular flexibility index (Phi) is 7.54. The van der Waals surface area contributed by atoms with Gasteiger partial charge in [-0.25, -0.2) is 9.48 Å². The lowest BCUT2D eigenvalue weighted by atomic mass is 9.97. The van der Waals surface area contributed by atoms with Crippen molar-refractivity contribution in [2.24, 2.45) is 5.92 Å². The number of hydrogen-bond acceptors (Lipinski definition) is 7. The first-order valence-corrected chi connectivity index (χ1v) is 11.6. The Morgan fingerprint density at radius 3 is 2.29 bits per heavy atom. The van der Waals surface area contributed by atoms with Crippen molar-refractivity contribution in [3.05, 3.63) is 76.2 Å². The van der Waals surface area contributed by atoms with Crippen molar-refractivity contribution in [2.75, 3.05) is 26.3 Å². The highest BCUT2D eigenvalue weighted by molar-refractivity contribution is 6.02. The number of piperidine rings is 1. The first-order valence-electron chi connectivity index (χ1n) is 11.6. The van der Waals surface area contributed by atoms with E-state index in [4.69, 9.17) is 9.47 Å². The van der Waals surface area contributed by atoms with Crippen molar-refractivity contribution in [3.63, 3.8) is 0 Å². The van der Waals surface area contributed by atoms with Gasteiger partial charge in [-0.15, -0.1) is 0 Å². The fourth-order valence-corrected chi connectivity index (χ4v) is 4.16. The van der Waals surface area contributed by atoms with E-state index in [1.165, 1.54) is 4.68 Å². The molecule has 1 saturated heterocycles. The van der Waals surface area contributed by atoms with Crippen molar-refractivity contribution < 1.29 is 23.9 Å². The van der Waals surface area contributed by atoms with Crippen molar-refractivity contribution in [1.29, 1.82) is 0 Å². The zero-order chi connectivity index (χ0) is 24.8. The first-order chi connectivity index (χ1) is 17.0. The van der Waals surface area contributed by atoms with Gasteiger partial charge in [0.2, 0.25) is 0 Å². The van der Waals surface area contributed by atoms with Crippen LogP contribution in [0.2, 0.25) is 0 Å². The minimum Gasteiger partial charge on any atom is -0.466 e. The Bertz CT molecular complexity index is 1280. The van der Waals surface area contributed by atoms with Crippen LogP contribution in [0, 0.1) is 5.92 Å². The number of aromatic nitrogens is 2. The summed E-state index contributed by atoms with van der Waals surface area (Å²) in [7, 11) is 0. The number of carbonyl (C=O) groups excluding carboxylic acids is 3. The van der Waals surface area contributed by atoms with Crippen LogP contribution in [0.5, 0.6) is 0 Å². The van der Waals surface area contributed by atoms with Gasteiger partial charge in [-0.2, -0.15) is 5.10 Å². The van der Waals surface area contributed by atoms with Gasteiger partial charge >= 0.3 is 11.9 Å². The Morgan fingerprint density at radius 2 is 1.60 bits per heavy atom. The first kappa shape index (κ1) is 24.1. The molecule has 1 aromatic heterocycles. The molecular formula is C26H27N3O6. The average Bonchev–Trinajstić information content (AvgIpc) is 2.89. The molecule has 1 fully saturated rings. The third kappa shape index (κ3) is 5.56. The number of carbonyl (C=O) groups is 3. The molecule has 0 aliphatic carbocycles. The van der Waals surface area contributed by atoms with E-state index in [1.54, 1.807) is 36.1 Å². The third-order valence-electron chi connectivity index (χ3n) is 6.03. The van der Waals surface area contributed by atoms with Crippen molar-refractivity contribution >= 4 is 28.6 Å². The Hall–Kier alpha value is -4.01. The van der Waals surface area contributed by atoms with Gasteiger partial charge in [-0.05, 0) is 31.4 Å². The number of rotatable bonds is 7. The van der Waals surface area contributed by atoms with Crippen molar-refractivity contribution in [2.45, 2.75) is 26.3 Å². The quantitative estimate of drug-likeness (QED) is 0.481. The smallest absolute Gasteiger partial charge is 0.359 e. The van der Waals surface area contributed by atoms with Crippen LogP contribution in [-0.4, -0.2) is 58.8 Å². The van der Waals surface area contributed by atoms with E-state index in [-0.39, 0.29) is 35.6 Å². The van der Waals surface area contributed by atoms with E-state index in [0.29, 0.717) is 43.3 Å². The molecule has 0 radical (unpaired) electrons. The van der Waals surface area contributed by atoms with Gasteiger partial charge in [-0.1, -0.05) is 48.5 Å². The summed E-state index contributed by atoms with van der Waals surface area (Å²) in [4.78, 5) is 52.0. The van der Waals surface area contributed by atoms with Crippen LogP contribution >= 0.6 is 0 Å². The van der Waals surface area contributed by atoms with E-state index in [1.807, 2.05) is 30.3 Å². The standard InChI is InChI=1S/C26H27N3O6/c1-2-34-25(32)19-12-14-28(15-13-19)22(30)17-35-26(33)23-20-10-6-7-11-21(20)24(31)29(27-23)16-18-8-4-3-5-9-18/h3-11,19H,2,12-17H2,1H3. The molecule has 35 heavy (non-hydrogen) atoms. The second kappa shape index (κ2) is 10.9. The molecule has 3 aromatic rings. The summed E-state index contributed by atoms with van der Waals surface area (Å²) >= 11 is 0. The van der Waals surface area contributed by atoms with Crippen LogP contribution in [0.4, 0.5) is 0 Å². The number of fused-ring (bicyclic) bond motifs is 1. The summed E-state index contributed by atoms with van der Waals surface area (Å²) in [6.07, 6.45) is 1.02. The molecule has 0 unspecified atom stereocenters. The second-order valence-corrected chi connectivity index (χ2v) is 8.33. The van der Waals surface area contributed by atoms with Crippen LogP contribution < -0.4 is 5.56 Å². The topological polar surface area (TPSA) is 108 Å². The van der Waals surface area contributed by atoms with Crippen LogP contribution in [0.25, 0.3) is 10.8 Å². The Balaban J connectivity index is 1.46. The predicted octanol–water partition coefficient (Wildman–Crippen LogP) is 2.40. The number of nitrogens with zero attached hydrogens (tertiary/aromatic N) is 3. The number of likely N-dealkylation sites (tertiary alicyclic amines) is 1. The van der Waals surface area contributed by atoms with Gasteiger partial charge in [0.15, 0.2) is 12.3 Å². The third-order valence-corrected chi connectivity index (χ3v) is 6.03. The molecule has 0 spiro atoms. The molecule has 2 heterocycles. The Labute approximate surface area is 202 Å². The molecular weight excluding hydrogens is 450 g/mol. The zero-order valence-electron chi connectivity index (χ0n) is 19.5. The molecule has 1 aliphatic heterocycles.